The Kier molecular flexibility index (Phi) is 2.10. The summed E-state index contributed by atoms with van der Waals surface area (Å²) in [5, 5.41) is 26.9. The third-order valence-electron chi connectivity index (χ3n) is 1.36. The van der Waals surface area contributed by atoms with Crippen molar-refractivity contribution in [3.05, 3.63) is 17.7 Å². The van der Waals surface area contributed by atoms with Crippen LogP contribution in [-0.2, 0) is 5.88 Å². The van der Waals surface area contributed by atoms with Crippen molar-refractivity contribution >= 4 is 11.6 Å². The molecule has 3 N–H and O–H groups in total. The zero-order valence-corrected chi connectivity index (χ0v) is 6.34. The van der Waals surface area contributed by atoms with Gasteiger partial charge in [-0.05, 0) is 6.07 Å². The maximum absolute atomic E-state index is 9.08. The van der Waals surface area contributed by atoms with E-state index in [9.17, 15) is 0 Å². The summed E-state index contributed by atoms with van der Waals surface area (Å²) in [4.78, 5) is 0. The summed E-state index contributed by atoms with van der Waals surface area (Å²) in [5.41, 5.74) is 0.391. The van der Waals surface area contributed by atoms with Crippen LogP contribution in [-0.4, -0.2) is 15.3 Å². The van der Waals surface area contributed by atoms with Gasteiger partial charge in [0.15, 0.2) is 11.5 Å². The zero-order chi connectivity index (χ0) is 8.43. The lowest BCUT2D eigenvalue weighted by Gasteiger charge is -2.03. The molecular weight excluding hydrogens is 168 g/mol. The molecule has 1 rings (SSSR count). The van der Waals surface area contributed by atoms with Gasteiger partial charge in [0.2, 0.25) is 5.75 Å². The summed E-state index contributed by atoms with van der Waals surface area (Å²) in [6.45, 7) is 0. The molecule has 0 aliphatic carbocycles. The number of rotatable bonds is 1. The van der Waals surface area contributed by atoms with Gasteiger partial charge in [-0.2, -0.15) is 0 Å². The molecule has 4 heteroatoms. The normalized spacial score (nSPS) is 9.91. The minimum atomic E-state index is -0.525. The van der Waals surface area contributed by atoms with E-state index in [1.807, 2.05) is 0 Å². The molecule has 0 saturated heterocycles. The monoisotopic (exact) mass is 174 g/mol. The Labute approximate surface area is 68.5 Å². The fourth-order valence-corrected chi connectivity index (χ4v) is 0.934. The van der Waals surface area contributed by atoms with Crippen LogP contribution >= 0.6 is 11.6 Å². The average Bonchev–Trinajstić information content (AvgIpc) is 2.01. The van der Waals surface area contributed by atoms with E-state index in [4.69, 9.17) is 26.9 Å². The van der Waals surface area contributed by atoms with E-state index in [-0.39, 0.29) is 17.4 Å². The topological polar surface area (TPSA) is 60.7 Å². The Morgan fingerprint density at radius 2 is 1.73 bits per heavy atom. The summed E-state index contributed by atoms with van der Waals surface area (Å²) < 4.78 is 0. The SMILES string of the molecule is Oc1ccc(CCl)c(O)c1O. The van der Waals surface area contributed by atoms with Gasteiger partial charge in [0.1, 0.15) is 0 Å². The van der Waals surface area contributed by atoms with E-state index in [0.717, 1.165) is 0 Å². The van der Waals surface area contributed by atoms with Gasteiger partial charge < -0.3 is 15.3 Å². The van der Waals surface area contributed by atoms with E-state index in [1.54, 1.807) is 0 Å². The lowest BCUT2D eigenvalue weighted by Crippen LogP contribution is -1.79. The van der Waals surface area contributed by atoms with Crippen LogP contribution in [0.3, 0.4) is 0 Å². The van der Waals surface area contributed by atoms with Gasteiger partial charge in [-0.15, -0.1) is 11.6 Å². The summed E-state index contributed by atoms with van der Waals surface area (Å²) in [6.07, 6.45) is 0. The van der Waals surface area contributed by atoms with Crippen LogP contribution in [0, 0.1) is 0 Å². The molecule has 0 fully saturated rings. The van der Waals surface area contributed by atoms with Crippen molar-refractivity contribution < 1.29 is 15.3 Å². The van der Waals surface area contributed by atoms with Crippen LogP contribution < -0.4 is 0 Å². The molecule has 0 aliphatic rings. The molecule has 0 unspecified atom stereocenters. The molecule has 1 aromatic carbocycles. The molecule has 0 radical (unpaired) electrons. The van der Waals surface area contributed by atoms with Crippen LogP contribution in [0.25, 0.3) is 0 Å². The van der Waals surface area contributed by atoms with Gasteiger partial charge in [-0.3, -0.25) is 0 Å². The van der Waals surface area contributed by atoms with Crippen LogP contribution in [0.1, 0.15) is 5.56 Å². The summed E-state index contributed by atoms with van der Waals surface area (Å²) >= 11 is 5.40. The second-order valence-electron chi connectivity index (χ2n) is 2.07. The van der Waals surface area contributed by atoms with E-state index in [2.05, 4.69) is 0 Å². The smallest absolute Gasteiger partial charge is 0.200 e. The molecule has 0 aliphatic heterocycles. The van der Waals surface area contributed by atoms with Gasteiger partial charge in [0, 0.05) is 5.56 Å². The van der Waals surface area contributed by atoms with Crippen molar-refractivity contribution in [2.24, 2.45) is 0 Å². The molecule has 0 spiro atoms. The highest BCUT2D eigenvalue weighted by Gasteiger charge is 2.08. The first-order valence-corrected chi connectivity index (χ1v) is 3.49. The first kappa shape index (κ1) is 8.01. The second-order valence-corrected chi connectivity index (χ2v) is 2.34. The second kappa shape index (κ2) is 2.88. The molecule has 11 heavy (non-hydrogen) atoms. The van der Waals surface area contributed by atoms with Crippen molar-refractivity contribution in [2.45, 2.75) is 5.88 Å². The largest absolute Gasteiger partial charge is 0.504 e. The van der Waals surface area contributed by atoms with Crippen molar-refractivity contribution in [1.82, 2.24) is 0 Å². The number of alkyl halides is 1. The quantitative estimate of drug-likeness (QED) is 0.447. The molecular formula is C7H7ClO3. The third kappa shape index (κ3) is 1.33. The maximum Gasteiger partial charge on any atom is 0.200 e. The predicted molar refractivity (Wildman–Crippen MR) is 41.0 cm³/mol. The van der Waals surface area contributed by atoms with Gasteiger partial charge in [-0.25, -0.2) is 0 Å². The Morgan fingerprint density at radius 3 is 2.27 bits per heavy atom. The number of phenolic OH excluding ortho intramolecular Hbond substituents is 3. The fourth-order valence-electron chi connectivity index (χ4n) is 0.719. The number of halogens is 1. The van der Waals surface area contributed by atoms with Crippen LogP contribution in [0.2, 0.25) is 0 Å². The highest BCUT2D eigenvalue weighted by Crippen LogP contribution is 2.37. The van der Waals surface area contributed by atoms with E-state index < -0.39 is 5.75 Å². The van der Waals surface area contributed by atoms with E-state index in [0.29, 0.717) is 5.56 Å². The molecule has 0 atom stereocenters. The number of hydrogen-bond acceptors (Lipinski definition) is 3. The minimum absolute atomic E-state index is 0.0969. The van der Waals surface area contributed by atoms with Crippen LogP contribution in [0.15, 0.2) is 12.1 Å². The first-order chi connectivity index (χ1) is 5.16. The lowest BCUT2D eigenvalue weighted by molar-refractivity contribution is 0.366. The van der Waals surface area contributed by atoms with Crippen molar-refractivity contribution in [3.63, 3.8) is 0 Å². The number of benzene rings is 1. The molecule has 0 heterocycles. The van der Waals surface area contributed by atoms with Gasteiger partial charge >= 0.3 is 0 Å². The molecule has 0 bridgehead atoms. The summed E-state index contributed by atoms with van der Waals surface area (Å²) in [5.74, 6) is -1.14. The van der Waals surface area contributed by atoms with Gasteiger partial charge in [-0.1, -0.05) is 6.07 Å². The molecule has 0 saturated carbocycles. The maximum atomic E-state index is 9.08. The number of hydrogen-bond donors (Lipinski definition) is 3. The Morgan fingerprint density at radius 1 is 1.09 bits per heavy atom. The summed E-state index contributed by atoms with van der Waals surface area (Å²) in [6, 6.07) is 2.71. The summed E-state index contributed by atoms with van der Waals surface area (Å²) in [7, 11) is 0. The highest BCUT2D eigenvalue weighted by atomic mass is 35.5. The zero-order valence-electron chi connectivity index (χ0n) is 5.58. The van der Waals surface area contributed by atoms with E-state index in [1.165, 1.54) is 12.1 Å². The standard InChI is InChI=1S/C7H7ClO3/c8-3-4-1-2-5(9)7(11)6(4)10/h1-2,9-11H,3H2. The van der Waals surface area contributed by atoms with Crippen molar-refractivity contribution in [1.29, 1.82) is 0 Å². The molecule has 3 nitrogen and oxygen atoms in total. The van der Waals surface area contributed by atoms with Crippen LogP contribution in [0.4, 0.5) is 0 Å². The van der Waals surface area contributed by atoms with Gasteiger partial charge in [0.05, 0.1) is 5.88 Å². The Hall–Kier alpha value is -1.09. The first-order valence-electron chi connectivity index (χ1n) is 2.95. The Bertz CT molecular complexity index is 273. The van der Waals surface area contributed by atoms with Crippen LogP contribution in [0.5, 0.6) is 17.2 Å². The third-order valence-corrected chi connectivity index (χ3v) is 1.65. The highest BCUT2D eigenvalue weighted by molar-refractivity contribution is 6.17. The molecule has 1 aromatic rings. The average molecular weight is 175 g/mol. The van der Waals surface area contributed by atoms with Crippen molar-refractivity contribution in [2.75, 3.05) is 0 Å². The molecule has 0 amide bonds. The van der Waals surface area contributed by atoms with Gasteiger partial charge in [0.25, 0.3) is 0 Å². The number of phenols is 3. The fraction of sp³-hybridized carbons (Fsp3) is 0.143. The molecule has 60 valence electrons. The minimum Gasteiger partial charge on any atom is -0.504 e. The predicted octanol–water partition coefficient (Wildman–Crippen LogP) is 1.54. The molecule has 0 aromatic heterocycles. The van der Waals surface area contributed by atoms with E-state index >= 15 is 0 Å². The Balaban J connectivity index is 3.25. The van der Waals surface area contributed by atoms with Crippen molar-refractivity contribution in [3.8, 4) is 17.2 Å². The number of aromatic hydroxyl groups is 3. The lowest BCUT2D eigenvalue weighted by atomic mass is 10.2.